The summed E-state index contributed by atoms with van der Waals surface area (Å²) in [5, 5.41) is 3.70. The topological polar surface area (TPSA) is 55.1 Å². The molecule has 0 fully saturated rings. The highest BCUT2D eigenvalue weighted by molar-refractivity contribution is 6.30. The van der Waals surface area contributed by atoms with Gasteiger partial charge in [-0.15, -0.1) is 0 Å². The zero-order valence-corrected chi connectivity index (χ0v) is 14.3. The second-order valence-electron chi connectivity index (χ2n) is 6.44. The fraction of sp³-hybridized carbons (Fsp3) is 0.588. The molecule has 21 heavy (non-hydrogen) atoms. The minimum atomic E-state index is -0.493. The van der Waals surface area contributed by atoms with Crippen LogP contribution in [0.25, 0.3) is 0 Å². The van der Waals surface area contributed by atoms with E-state index in [-0.39, 0.29) is 11.4 Å². The number of hydrogen-bond acceptors (Lipinski definition) is 2. The molecule has 0 atom stereocenters. The van der Waals surface area contributed by atoms with Crippen LogP contribution < -0.4 is 11.1 Å². The van der Waals surface area contributed by atoms with Gasteiger partial charge in [-0.3, -0.25) is 4.79 Å². The van der Waals surface area contributed by atoms with Crippen molar-refractivity contribution in [1.29, 1.82) is 0 Å². The summed E-state index contributed by atoms with van der Waals surface area (Å²) in [6, 6.07) is 7.64. The molecule has 0 bridgehead atoms. The number of halogens is 1. The van der Waals surface area contributed by atoms with Crippen molar-refractivity contribution in [3.05, 3.63) is 34.9 Å². The van der Waals surface area contributed by atoms with Gasteiger partial charge in [-0.1, -0.05) is 51.4 Å². The highest BCUT2D eigenvalue weighted by Gasteiger charge is 2.30. The molecule has 0 aliphatic heterocycles. The molecule has 0 aromatic heterocycles. The summed E-state index contributed by atoms with van der Waals surface area (Å²) in [7, 11) is 0. The molecule has 0 aliphatic carbocycles. The molecule has 0 saturated carbocycles. The van der Waals surface area contributed by atoms with Crippen LogP contribution in [-0.4, -0.2) is 18.0 Å². The van der Waals surface area contributed by atoms with Gasteiger partial charge in [-0.2, -0.15) is 0 Å². The van der Waals surface area contributed by atoms with Crippen molar-refractivity contribution in [3.8, 4) is 0 Å². The summed E-state index contributed by atoms with van der Waals surface area (Å²) in [5.74, 6) is 0.0270. The maximum atomic E-state index is 12.4. The van der Waals surface area contributed by atoms with E-state index in [1.54, 1.807) is 0 Å². The zero-order chi connectivity index (χ0) is 16.1. The molecule has 0 saturated heterocycles. The maximum Gasteiger partial charge on any atom is 0.226 e. The third-order valence-corrected chi connectivity index (χ3v) is 4.39. The van der Waals surface area contributed by atoms with Crippen LogP contribution in [-0.2, 0) is 11.2 Å². The maximum absolute atomic E-state index is 12.4. The Morgan fingerprint density at radius 3 is 2.43 bits per heavy atom. The Balaban J connectivity index is 2.67. The fourth-order valence-corrected chi connectivity index (χ4v) is 2.45. The van der Waals surface area contributed by atoms with Crippen LogP contribution >= 0.6 is 11.6 Å². The second kappa shape index (κ2) is 7.28. The highest BCUT2D eigenvalue weighted by Crippen LogP contribution is 2.24. The van der Waals surface area contributed by atoms with Gasteiger partial charge in [0.15, 0.2) is 0 Å². The first-order valence-corrected chi connectivity index (χ1v) is 7.92. The minimum Gasteiger partial charge on any atom is -0.354 e. The van der Waals surface area contributed by atoms with Crippen LogP contribution in [0.5, 0.6) is 0 Å². The van der Waals surface area contributed by atoms with Crippen molar-refractivity contribution in [3.63, 3.8) is 0 Å². The van der Waals surface area contributed by atoms with Crippen molar-refractivity contribution in [2.45, 2.75) is 52.5 Å². The first kappa shape index (κ1) is 18.0. The number of nitrogens with two attached hydrogens (primary N) is 1. The van der Waals surface area contributed by atoms with Crippen LogP contribution in [0.3, 0.4) is 0 Å². The van der Waals surface area contributed by atoms with Crippen LogP contribution in [0.2, 0.25) is 5.02 Å². The molecule has 0 aliphatic rings. The summed E-state index contributed by atoms with van der Waals surface area (Å²) >= 11 is 5.99. The second-order valence-corrected chi connectivity index (χ2v) is 6.88. The van der Waals surface area contributed by atoms with E-state index in [0.717, 1.165) is 18.4 Å². The quantitative estimate of drug-likeness (QED) is 0.809. The summed E-state index contributed by atoms with van der Waals surface area (Å²) < 4.78 is 0. The van der Waals surface area contributed by atoms with E-state index in [1.165, 1.54) is 0 Å². The summed E-state index contributed by atoms with van der Waals surface area (Å²) in [4.78, 5) is 12.4. The standard InChI is InChI=1S/C17H27ClN2O/c1-5-17(19,6-2)12-20-15(21)16(3,4)11-13-8-7-9-14(18)10-13/h7-10H,5-6,11-12,19H2,1-4H3,(H,20,21). The van der Waals surface area contributed by atoms with Crippen molar-refractivity contribution in [1.82, 2.24) is 5.32 Å². The Hall–Kier alpha value is -1.06. The smallest absolute Gasteiger partial charge is 0.226 e. The van der Waals surface area contributed by atoms with Crippen LogP contribution in [0.15, 0.2) is 24.3 Å². The Morgan fingerprint density at radius 2 is 1.90 bits per heavy atom. The third-order valence-electron chi connectivity index (χ3n) is 4.16. The van der Waals surface area contributed by atoms with Crippen molar-refractivity contribution >= 4 is 17.5 Å². The molecule has 3 nitrogen and oxygen atoms in total. The fourth-order valence-electron chi connectivity index (χ4n) is 2.23. The Kier molecular flexibility index (Phi) is 6.24. The van der Waals surface area contributed by atoms with Crippen LogP contribution in [0.1, 0.15) is 46.1 Å². The molecule has 1 aromatic rings. The highest BCUT2D eigenvalue weighted by atomic mass is 35.5. The minimum absolute atomic E-state index is 0.0270. The number of nitrogens with one attached hydrogen (secondary N) is 1. The van der Waals surface area contributed by atoms with Gasteiger partial charge >= 0.3 is 0 Å². The number of rotatable bonds is 7. The van der Waals surface area contributed by atoms with Crippen LogP contribution in [0, 0.1) is 5.41 Å². The predicted octanol–water partition coefficient (Wildman–Crippen LogP) is 3.54. The monoisotopic (exact) mass is 310 g/mol. The molecule has 1 amide bonds. The van der Waals surface area contributed by atoms with Crippen molar-refractivity contribution in [2.75, 3.05) is 6.54 Å². The number of amides is 1. The summed E-state index contributed by atoms with van der Waals surface area (Å²) in [5.41, 5.74) is 6.48. The van der Waals surface area contributed by atoms with Crippen molar-refractivity contribution < 1.29 is 4.79 Å². The summed E-state index contributed by atoms with van der Waals surface area (Å²) in [6.07, 6.45) is 2.34. The average molecular weight is 311 g/mol. The lowest BCUT2D eigenvalue weighted by atomic mass is 9.84. The molecular formula is C17H27ClN2O. The van der Waals surface area contributed by atoms with E-state index in [4.69, 9.17) is 17.3 Å². The van der Waals surface area contributed by atoms with Gasteiger partial charge in [0.25, 0.3) is 0 Å². The zero-order valence-electron chi connectivity index (χ0n) is 13.5. The lowest BCUT2D eigenvalue weighted by Crippen LogP contribution is -2.51. The molecule has 3 N–H and O–H groups in total. The molecule has 118 valence electrons. The first-order valence-electron chi connectivity index (χ1n) is 7.54. The lowest BCUT2D eigenvalue weighted by molar-refractivity contribution is -0.129. The molecular weight excluding hydrogens is 284 g/mol. The molecule has 1 rings (SSSR count). The number of benzene rings is 1. The molecule has 4 heteroatoms. The van der Waals surface area contributed by atoms with Gasteiger partial charge in [-0.05, 0) is 37.0 Å². The van der Waals surface area contributed by atoms with E-state index in [0.29, 0.717) is 18.0 Å². The van der Waals surface area contributed by atoms with Gasteiger partial charge in [0.2, 0.25) is 5.91 Å². The average Bonchev–Trinajstić information content (AvgIpc) is 2.44. The Labute approximate surface area is 133 Å². The Bertz CT molecular complexity index is 481. The van der Waals surface area contributed by atoms with E-state index >= 15 is 0 Å². The number of carbonyl (C=O) groups excluding carboxylic acids is 1. The van der Waals surface area contributed by atoms with E-state index in [2.05, 4.69) is 5.32 Å². The third kappa shape index (κ3) is 5.33. The van der Waals surface area contributed by atoms with Gasteiger partial charge in [-0.25, -0.2) is 0 Å². The summed E-state index contributed by atoms with van der Waals surface area (Å²) in [6.45, 7) is 8.50. The normalized spacial score (nSPS) is 12.3. The Morgan fingerprint density at radius 1 is 1.29 bits per heavy atom. The number of carbonyl (C=O) groups is 1. The largest absolute Gasteiger partial charge is 0.354 e. The molecule has 1 aromatic carbocycles. The SMILES string of the molecule is CCC(N)(CC)CNC(=O)C(C)(C)Cc1cccc(Cl)c1. The van der Waals surface area contributed by atoms with E-state index < -0.39 is 5.41 Å². The van der Waals surface area contributed by atoms with Crippen LogP contribution in [0.4, 0.5) is 0 Å². The molecule has 0 unspecified atom stereocenters. The first-order chi connectivity index (χ1) is 9.72. The van der Waals surface area contributed by atoms with Gasteiger partial charge < -0.3 is 11.1 Å². The van der Waals surface area contributed by atoms with Gasteiger partial charge in [0.05, 0.1) is 0 Å². The van der Waals surface area contributed by atoms with E-state index in [1.807, 2.05) is 52.0 Å². The molecule has 0 radical (unpaired) electrons. The van der Waals surface area contributed by atoms with Gasteiger partial charge in [0, 0.05) is 22.5 Å². The lowest BCUT2D eigenvalue weighted by Gasteiger charge is -2.30. The van der Waals surface area contributed by atoms with Crippen molar-refractivity contribution in [2.24, 2.45) is 11.1 Å². The molecule has 0 spiro atoms. The number of hydrogen-bond donors (Lipinski definition) is 2. The molecule has 0 heterocycles. The predicted molar refractivity (Wildman–Crippen MR) is 89.4 cm³/mol. The van der Waals surface area contributed by atoms with E-state index in [9.17, 15) is 4.79 Å². The van der Waals surface area contributed by atoms with Gasteiger partial charge in [0.1, 0.15) is 0 Å².